The van der Waals surface area contributed by atoms with Crippen LogP contribution in [0.25, 0.3) is 0 Å². The van der Waals surface area contributed by atoms with Crippen LogP contribution in [-0.2, 0) is 0 Å². The Morgan fingerprint density at radius 1 is 1.08 bits per heavy atom. The van der Waals surface area contributed by atoms with Gasteiger partial charge in [-0.05, 0) is 19.9 Å². The summed E-state index contributed by atoms with van der Waals surface area (Å²) in [5, 5.41) is 0.234. The molecular weight excluding hydrogens is 216 g/mol. The van der Waals surface area contributed by atoms with Crippen molar-refractivity contribution in [3.05, 3.63) is 0 Å². The summed E-state index contributed by atoms with van der Waals surface area (Å²) in [7, 11) is 0. The molecule has 0 bridgehead atoms. The lowest BCUT2D eigenvalue weighted by Gasteiger charge is -2.20. The van der Waals surface area contributed by atoms with Gasteiger partial charge in [-0.25, -0.2) is 0 Å². The molecule has 74 valence electrons. The van der Waals surface area contributed by atoms with Gasteiger partial charge in [0.2, 0.25) is 0 Å². The van der Waals surface area contributed by atoms with Gasteiger partial charge in [-0.3, -0.25) is 0 Å². The summed E-state index contributed by atoms with van der Waals surface area (Å²) in [6, 6.07) is 0. The van der Waals surface area contributed by atoms with Crippen molar-refractivity contribution in [1.29, 1.82) is 0 Å². The number of hydrogen-bond donors (Lipinski definition) is 0. The summed E-state index contributed by atoms with van der Waals surface area (Å²) in [4.78, 5) is 2.24. The molecular formula is C8H16Cl3N. The van der Waals surface area contributed by atoms with Gasteiger partial charge in [0.25, 0.3) is 0 Å². The lowest BCUT2D eigenvalue weighted by molar-refractivity contribution is 0.303. The maximum atomic E-state index is 5.83. The molecule has 0 heterocycles. The Morgan fingerprint density at radius 2 is 1.58 bits per heavy atom. The monoisotopic (exact) mass is 231 g/mol. The van der Waals surface area contributed by atoms with Crippen LogP contribution in [-0.4, -0.2) is 41.7 Å². The zero-order valence-electron chi connectivity index (χ0n) is 7.40. The van der Waals surface area contributed by atoms with Crippen molar-refractivity contribution in [2.24, 2.45) is 0 Å². The molecule has 1 atom stereocenters. The van der Waals surface area contributed by atoms with Gasteiger partial charge in [0.05, 0.1) is 0 Å². The summed E-state index contributed by atoms with van der Waals surface area (Å²) in [5.74, 6) is 1.32. The van der Waals surface area contributed by atoms with Crippen molar-refractivity contribution >= 4 is 34.8 Å². The zero-order chi connectivity index (χ0) is 9.40. The largest absolute Gasteiger partial charge is 0.301 e. The quantitative estimate of drug-likeness (QED) is 0.610. The van der Waals surface area contributed by atoms with Crippen LogP contribution in [0.15, 0.2) is 0 Å². The maximum Gasteiger partial charge on any atom is 0.0351 e. The zero-order valence-corrected chi connectivity index (χ0v) is 9.67. The SMILES string of the molecule is CC(Cl)CCN(CCCl)CCCl. The molecule has 0 aromatic heterocycles. The highest BCUT2D eigenvalue weighted by molar-refractivity contribution is 6.20. The summed E-state index contributed by atoms with van der Waals surface area (Å²) in [6.45, 7) is 4.79. The highest BCUT2D eigenvalue weighted by Gasteiger charge is 2.04. The molecule has 0 amide bonds. The van der Waals surface area contributed by atoms with Gasteiger partial charge in [0, 0.05) is 30.2 Å². The predicted molar refractivity (Wildman–Crippen MR) is 57.8 cm³/mol. The van der Waals surface area contributed by atoms with E-state index in [1.165, 1.54) is 0 Å². The molecule has 0 saturated carbocycles. The highest BCUT2D eigenvalue weighted by Crippen LogP contribution is 2.02. The Balaban J connectivity index is 3.48. The average molecular weight is 233 g/mol. The van der Waals surface area contributed by atoms with Gasteiger partial charge >= 0.3 is 0 Å². The number of hydrogen-bond acceptors (Lipinski definition) is 1. The van der Waals surface area contributed by atoms with Crippen LogP contribution in [0.4, 0.5) is 0 Å². The van der Waals surface area contributed by atoms with E-state index in [2.05, 4.69) is 4.90 Å². The van der Waals surface area contributed by atoms with E-state index < -0.39 is 0 Å². The van der Waals surface area contributed by atoms with Gasteiger partial charge in [0.1, 0.15) is 0 Å². The molecule has 0 spiro atoms. The molecule has 1 unspecified atom stereocenters. The molecule has 12 heavy (non-hydrogen) atoms. The molecule has 0 aliphatic rings. The van der Waals surface area contributed by atoms with Crippen LogP contribution in [0.3, 0.4) is 0 Å². The Hall–Kier alpha value is 0.830. The van der Waals surface area contributed by atoms with E-state index in [-0.39, 0.29) is 5.38 Å². The molecule has 0 radical (unpaired) electrons. The van der Waals surface area contributed by atoms with Crippen LogP contribution < -0.4 is 0 Å². The minimum absolute atomic E-state index is 0.234. The number of nitrogens with zero attached hydrogens (tertiary/aromatic N) is 1. The van der Waals surface area contributed by atoms with Gasteiger partial charge in [-0.2, -0.15) is 0 Å². The molecule has 1 nitrogen and oxygen atoms in total. The third-order valence-electron chi connectivity index (χ3n) is 1.64. The average Bonchev–Trinajstić information content (AvgIpc) is 2.01. The van der Waals surface area contributed by atoms with Gasteiger partial charge in [-0.15, -0.1) is 34.8 Å². The molecule has 0 rings (SSSR count). The first-order valence-corrected chi connectivity index (χ1v) is 5.69. The van der Waals surface area contributed by atoms with E-state index in [1.54, 1.807) is 0 Å². The molecule has 0 aromatic carbocycles. The van der Waals surface area contributed by atoms with Crippen LogP contribution in [0.2, 0.25) is 0 Å². The van der Waals surface area contributed by atoms with Crippen molar-refractivity contribution in [3.8, 4) is 0 Å². The van der Waals surface area contributed by atoms with E-state index >= 15 is 0 Å². The van der Waals surface area contributed by atoms with E-state index in [4.69, 9.17) is 34.8 Å². The fraction of sp³-hybridized carbons (Fsp3) is 1.00. The molecule has 0 aliphatic heterocycles. The smallest absolute Gasteiger partial charge is 0.0351 e. The summed E-state index contributed by atoms with van der Waals surface area (Å²) in [6.07, 6.45) is 0.995. The molecule has 0 aromatic rings. The Labute approximate surface area is 90.0 Å². The van der Waals surface area contributed by atoms with E-state index in [9.17, 15) is 0 Å². The first-order chi connectivity index (χ1) is 5.70. The minimum atomic E-state index is 0.234. The summed E-state index contributed by atoms with van der Waals surface area (Å²) < 4.78 is 0. The van der Waals surface area contributed by atoms with Crippen molar-refractivity contribution in [2.45, 2.75) is 18.7 Å². The summed E-state index contributed by atoms with van der Waals surface area (Å²) >= 11 is 17.1. The second kappa shape index (κ2) is 8.43. The van der Waals surface area contributed by atoms with E-state index in [1.807, 2.05) is 6.92 Å². The van der Waals surface area contributed by atoms with Crippen LogP contribution in [0.1, 0.15) is 13.3 Å². The van der Waals surface area contributed by atoms with E-state index in [0.717, 1.165) is 26.1 Å². The van der Waals surface area contributed by atoms with Crippen LogP contribution >= 0.6 is 34.8 Å². The van der Waals surface area contributed by atoms with Crippen LogP contribution in [0.5, 0.6) is 0 Å². The first kappa shape index (κ1) is 12.8. The number of rotatable bonds is 7. The summed E-state index contributed by atoms with van der Waals surface area (Å²) in [5.41, 5.74) is 0. The lowest BCUT2D eigenvalue weighted by atomic mass is 10.3. The highest BCUT2D eigenvalue weighted by atomic mass is 35.5. The topological polar surface area (TPSA) is 3.24 Å². The third-order valence-corrected chi connectivity index (χ3v) is 2.20. The van der Waals surface area contributed by atoms with Gasteiger partial charge in [0.15, 0.2) is 0 Å². The third kappa shape index (κ3) is 7.48. The van der Waals surface area contributed by atoms with E-state index in [0.29, 0.717) is 11.8 Å². The van der Waals surface area contributed by atoms with Gasteiger partial charge in [-0.1, -0.05) is 0 Å². The standard InChI is InChI=1S/C8H16Cl3N/c1-8(11)2-5-12(6-3-9)7-4-10/h8H,2-7H2,1H3. The van der Waals surface area contributed by atoms with Crippen molar-refractivity contribution in [1.82, 2.24) is 4.90 Å². The Bertz CT molecular complexity index is 92.3. The van der Waals surface area contributed by atoms with Crippen molar-refractivity contribution in [2.75, 3.05) is 31.4 Å². The lowest BCUT2D eigenvalue weighted by Crippen LogP contribution is -2.30. The normalized spacial score (nSPS) is 13.8. The van der Waals surface area contributed by atoms with Crippen LogP contribution in [0, 0.1) is 0 Å². The Morgan fingerprint density at radius 3 is 1.92 bits per heavy atom. The molecule has 0 saturated heterocycles. The molecule has 0 fully saturated rings. The minimum Gasteiger partial charge on any atom is -0.301 e. The predicted octanol–water partition coefficient (Wildman–Crippen LogP) is 2.78. The first-order valence-electron chi connectivity index (χ1n) is 4.19. The van der Waals surface area contributed by atoms with Crippen molar-refractivity contribution < 1.29 is 0 Å². The number of halogens is 3. The molecule has 0 N–H and O–H groups in total. The fourth-order valence-electron chi connectivity index (χ4n) is 0.935. The van der Waals surface area contributed by atoms with Gasteiger partial charge < -0.3 is 4.90 Å². The second-order valence-electron chi connectivity index (χ2n) is 2.79. The molecule has 0 aliphatic carbocycles. The molecule has 4 heteroatoms. The van der Waals surface area contributed by atoms with Crippen molar-refractivity contribution in [3.63, 3.8) is 0 Å². The maximum absolute atomic E-state index is 5.83. The number of alkyl halides is 3. The second-order valence-corrected chi connectivity index (χ2v) is 4.29. The fourth-order valence-corrected chi connectivity index (χ4v) is 1.51. The Kier molecular flexibility index (Phi) is 9.01.